The van der Waals surface area contributed by atoms with E-state index >= 15 is 0 Å². The van der Waals surface area contributed by atoms with Crippen LogP contribution >= 0.6 is 11.6 Å². The predicted molar refractivity (Wildman–Crippen MR) is 86.0 cm³/mol. The Bertz CT molecular complexity index is 808. The maximum Gasteiger partial charge on any atom is 0.129 e. The van der Waals surface area contributed by atoms with Gasteiger partial charge >= 0.3 is 0 Å². The molecule has 0 unspecified atom stereocenters. The molecule has 0 radical (unpaired) electrons. The zero-order chi connectivity index (χ0) is 15.0. The van der Waals surface area contributed by atoms with Crippen molar-refractivity contribution >= 4 is 17.4 Å². The third-order valence-corrected chi connectivity index (χ3v) is 3.71. The molecule has 0 atom stereocenters. The molecule has 0 aliphatic heterocycles. The first-order valence-electron chi connectivity index (χ1n) is 6.57. The summed E-state index contributed by atoms with van der Waals surface area (Å²) in [5.74, 6) is 0.583. The summed E-state index contributed by atoms with van der Waals surface area (Å²) in [5, 5.41) is 5.18. The Morgan fingerprint density at radius 3 is 2.67 bits per heavy atom. The molecule has 0 spiro atoms. The van der Waals surface area contributed by atoms with Crippen molar-refractivity contribution in [3.63, 3.8) is 0 Å². The summed E-state index contributed by atoms with van der Waals surface area (Å²) in [6.45, 7) is 2.00. The smallest absolute Gasteiger partial charge is 0.129 e. The van der Waals surface area contributed by atoms with Gasteiger partial charge in [-0.15, -0.1) is 0 Å². The molecule has 0 fully saturated rings. The van der Waals surface area contributed by atoms with E-state index in [0.717, 1.165) is 27.9 Å². The van der Waals surface area contributed by atoms with Crippen LogP contribution in [-0.2, 0) is 7.05 Å². The fraction of sp³-hybridized carbons (Fsp3) is 0.125. The summed E-state index contributed by atoms with van der Waals surface area (Å²) in [4.78, 5) is 4.23. The third kappa shape index (κ3) is 2.38. The third-order valence-electron chi connectivity index (χ3n) is 3.38. The lowest BCUT2D eigenvalue weighted by Crippen LogP contribution is -1.98. The van der Waals surface area contributed by atoms with Crippen molar-refractivity contribution in [1.29, 1.82) is 0 Å². The van der Waals surface area contributed by atoms with Crippen molar-refractivity contribution in [1.82, 2.24) is 14.8 Å². The molecule has 106 valence electrons. The van der Waals surface area contributed by atoms with E-state index in [2.05, 4.69) is 10.1 Å². The van der Waals surface area contributed by atoms with Crippen LogP contribution in [0.5, 0.6) is 0 Å². The van der Waals surface area contributed by atoms with Gasteiger partial charge in [-0.1, -0.05) is 29.8 Å². The van der Waals surface area contributed by atoms with E-state index in [9.17, 15) is 0 Å². The number of hydrogen-bond acceptors (Lipinski definition) is 3. The van der Waals surface area contributed by atoms with Crippen molar-refractivity contribution < 1.29 is 0 Å². The Hall–Kier alpha value is -2.33. The standard InChI is InChI=1S/C16H15ClN4/c1-10-7-11(9-19-8-10)15-14(16(18)21(2)20-15)12-5-3-4-6-13(12)17/h3-9H,18H2,1-2H3. The lowest BCUT2D eigenvalue weighted by molar-refractivity contribution is 0.782. The van der Waals surface area contributed by atoms with Crippen molar-refractivity contribution in [3.8, 4) is 22.4 Å². The van der Waals surface area contributed by atoms with E-state index in [0.29, 0.717) is 10.8 Å². The molecule has 0 saturated carbocycles. The Morgan fingerprint density at radius 2 is 1.95 bits per heavy atom. The number of halogens is 1. The summed E-state index contributed by atoms with van der Waals surface area (Å²) in [5.41, 5.74) is 10.7. The molecule has 5 heteroatoms. The molecule has 4 nitrogen and oxygen atoms in total. The van der Waals surface area contributed by atoms with E-state index < -0.39 is 0 Å². The summed E-state index contributed by atoms with van der Waals surface area (Å²) >= 11 is 6.32. The average Bonchev–Trinajstić information content (AvgIpc) is 2.76. The van der Waals surface area contributed by atoms with E-state index in [4.69, 9.17) is 17.3 Å². The van der Waals surface area contributed by atoms with Gasteiger partial charge in [0.1, 0.15) is 11.5 Å². The molecule has 3 aromatic rings. The summed E-state index contributed by atoms with van der Waals surface area (Å²) in [7, 11) is 1.82. The molecule has 3 rings (SSSR count). The molecule has 1 aromatic carbocycles. The Kier molecular flexibility index (Phi) is 3.39. The van der Waals surface area contributed by atoms with E-state index in [1.807, 2.05) is 50.5 Å². The van der Waals surface area contributed by atoms with Gasteiger partial charge in [0.15, 0.2) is 0 Å². The number of benzene rings is 1. The van der Waals surface area contributed by atoms with Gasteiger partial charge < -0.3 is 5.73 Å². The molecule has 2 heterocycles. The first-order chi connectivity index (χ1) is 10.1. The molecule has 0 aliphatic rings. The number of nitrogen functional groups attached to an aromatic ring is 1. The molecule has 0 amide bonds. The number of pyridine rings is 1. The second-order valence-corrected chi connectivity index (χ2v) is 5.37. The van der Waals surface area contributed by atoms with Crippen LogP contribution in [0.4, 0.5) is 5.82 Å². The fourth-order valence-electron chi connectivity index (χ4n) is 2.35. The highest BCUT2D eigenvalue weighted by Crippen LogP contribution is 2.39. The Balaban J connectivity index is 2.29. The zero-order valence-corrected chi connectivity index (χ0v) is 12.6. The number of nitrogens with zero attached hydrogens (tertiary/aromatic N) is 3. The average molecular weight is 299 g/mol. The summed E-state index contributed by atoms with van der Waals surface area (Å²) in [6.07, 6.45) is 3.60. The van der Waals surface area contributed by atoms with E-state index in [1.54, 1.807) is 10.9 Å². The van der Waals surface area contributed by atoms with Crippen LogP contribution < -0.4 is 5.73 Å². The van der Waals surface area contributed by atoms with Gasteiger partial charge in [-0.25, -0.2) is 0 Å². The van der Waals surface area contributed by atoms with Crippen molar-refractivity contribution in [2.45, 2.75) is 6.92 Å². The molecule has 2 N–H and O–H groups in total. The first-order valence-corrected chi connectivity index (χ1v) is 6.95. The maximum absolute atomic E-state index is 6.32. The maximum atomic E-state index is 6.32. The first kappa shape index (κ1) is 13.6. The van der Waals surface area contributed by atoms with Gasteiger partial charge in [0.25, 0.3) is 0 Å². The van der Waals surface area contributed by atoms with Gasteiger partial charge in [0, 0.05) is 35.6 Å². The molecule has 0 bridgehead atoms. The Labute approximate surface area is 128 Å². The van der Waals surface area contributed by atoms with Gasteiger partial charge in [-0.3, -0.25) is 9.67 Å². The molecule has 2 aromatic heterocycles. The highest BCUT2D eigenvalue weighted by molar-refractivity contribution is 6.33. The summed E-state index contributed by atoms with van der Waals surface area (Å²) < 4.78 is 1.66. The van der Waals surface area contributed by atoms with Crippen LogP contribution in [0.2, 0.25) is 5.02 Å². The molecule has 0 aliphatic carbocycles. The summed E-state index contributed by atoms with van der Waals surface area (Å²) in [6, 6.07) is 9.66. The van der Waals surface area contributed by atoms with Crippen LogP contribution in [-0.4, -0.2) is 14.8 Å². The quantitative estimate of drug-likeness (QED) is 0.785. The highest BCUT2D eigenvalue weighted by atomic mass is 35.5. The van der Waals surface area contributed by atoms with Crippen molar-refractivity contribution in [2.24, 2.45) is 7.05 Å². The van der Waals surface area contributed by atoms with Crippen molar-refractivity contribution in [2.75, 3.05) is 5.73 Å². The SMILES string of the molecule is Cc1cncc(-c2nn(C)c(N)c2-c2ccccc2Cl)c1. The van der Waals surface area contributed by atoms with Gasteiger partial charge in [-0.2, -0.15) is 5.10 Å². The number of hydrogen-bond donors (Lipinski definition) is 1. The lowest BCUT2D eigenvalue weighted by atomic mass is 10.0. The monoisotopic (exact) mass is 298 g/mol. The van der Waals surface area contributed by atoms with Crippen LogP contribution in [0.15, 0.2) is 42.7 Å². The normalized spacial score (nSPS) is 10.8. The van der Waals surface area contributed by atoms with E-state index in [-0.39, 0.29) is 0 Å². The lowest BCUT2D eigenvalue weighted by Gasteiger charge is -2.06. The number of aromatic nitrogens is 3. The minimum atomic E-state index is 0.583. The fourth-order valence-corrected chi connectivity index (χ4v) is 2.58. The minimum absolute atomic E-state index is 0.583. The largest absolute Gasteiger partial charge is 0.383 e. The number of anilines is 1. The van der Waals surface area contributed by atoms with Gasteiger partial charge in [0.2, 0.25) is 0 Å². The predicted octanol–water partition coefficient (Wildman–Crippen LogP) is 3.69. The Morgan fingerprint density at radius 1 is 1.19 bits per heavy atom. The highest BCUT2D eigenvalue weighted by Gasteiger charge is 2.19. The second kappa shape index (κ2) is 5.22. The van der Waals surface area contributed by atoms with Crippen LogP contribution in [0.25, 0.3) is 22.4 Å². The second-order valence-electron chi connectivity index (χ2n) is 4.96. The molecule has 0 saturated heterocycles. The van der Waals surface area contributed by atoms with Crippen LogP contribution in [0.3, 0.4) is 0 Å². The van der Waals surface area contributed by atoms with Gasteiger partial charge in [0.05, 0.1) is 5.56 Å². The zero-order valence-electron chi connectivity index (χ0n) is 11.8. The molecular weight excluding hydrogens is 284 g/mol. The van der Waals surface area contributed by atoms with Crippen LogP contribution in [0, 0.1) is 6.92 Å². The number of rotatable bonds is 2. The van der Waals surface area contributed by atoms with E-state index in [1.165, 1.54) is 0 Å². The molecule has 21 heavy (non-hydrogen) atoms. The number of aryl methyl sites for hydroxylation is 2. The minimum Gasteiger partial charge on any atom is -0.383 e. The topological polar surface area (TPSA) is 56.7 Å². The molecular formula is C16H15ClN4. The van der Waals surface area contributed by atoms with Crippen molar-refractivity contribution in [3.05, 3.63) is 53.3 Å². The van der Waals surface area contributed by atoms with Gasteiger partial charge in [-0.05, 0) is 24.6 Å². The van der Waals surface area contributed by atoms with Crippen LogP contribution in [0.1, 0.15) is 5.56 Å². The number of nitrogens with two attached hydrogens (primary N) is 1.